The second kappa shape index (κ2) is 5.87. The van der Waals surface area contributed by atoms with Crippen LogP contribution < -0.4 is 15.6 Å². The summed E-state index contributed by atoms with van der Waals surface area (Å²) in [7, 11) is 1.39. The predicted molar refractivity (Wildman–Crippen MR) is 72.8 cm³/mol. The van der Waals surface area contributed by atoms with E-state index in [1.807, 2.05) is 0 Å². The summed E-state index contributed by atoms with van der Waals surface area (Å²) in [6.45, 7) is 0. The summed E-state index contributed by atoms with van der Waals surface area (Å²) >= 11 is 0. The number of anilines is 1. The molecule has 2 rings (SSSR count). The monoisotopic (exact) mass is 289 g/mol. The number of aromatic carboxylic acids is 1. The van der Waals surface area contributed by atoms with Gasteiger partial charge in [-0.05, 0) is 24.3 Å². The average molecular weight is 289 g/mol. The van der Waals surface area contributed by atoms with Crippen molar-refractivity contribution < 1.29 is 19.4 Å². The van der Waals surface area contributed by atoms with Crippen LogP contribution in [0.3, 0.4) is 0 Å². The van der Waals surface area contributed by atoms with Gasteiger partial charge in [-0.2, -0.15) is 5.10 Å². The predicted octanol–water partition coefficient (Wildman–Crippen LogP) is 0.729. The zero-order chi connectivity index (χ0) is 15.4. The van der Waals surface area contributed by atoms with Crippen LogP contribution in [-0.4, -0.2) is 34.3 Å². The molecule has 1 aromatic heterocycles. The lowest BCUT2D eigenvalue weighted by Crippen LogP contribution is -2.18. The number of hydrogen-bond acceptors (Lipinski definition) is 5. The molecule has 8 nitrogen and oxygen atoms in total. The number of aromatic nitrogens is 2. The number of ether oxygens (including phenoxy) is 1. The molecule has 21 heavy (non-hydrogen) atoms. The summed E-state index contributed by atoms with van der Waals surface area (Å²) in [5, 5.41) is 17.1. The molecule has 0 aliphatic carbocycles. The van der Waals surface area contributed by atoms with Crippen molar-refractivity contribution in [2.75, 3.05) is 12.4 Å². The van der Waals surface area contributed by atoms with Crippen molar-refractivity contribution >= 4 is 17.6 Å². The molecule has 0 aliphatic rings. The molecule has 0 spiro atoms. The van der Waals surface area contributed by atoms with Crippen molar-refractivity contribution in [3.8, 4) is 5.75 Å². The van der Waals surface area contributed by atoms with E-state index in [2.05, 4.69) is 15.5 Å². The maximum Gasteiger partial charge on any atom is 0.335 e. The van der Waals surface area contributed by atoms with E-state index in [9.17, 15) is 14.4 Å². The highest BCUT2D eigenvalue weighted by molar-refractivity contribution is 6.04. The number of carboxylic acid groups (broad SMARTS) is 1. The van der Waals surface area contributed by atoms with Crippen LogP contribution in [0.1, 0.15) is 20.8 Å². The molecule has 2 aromatic rings. The van der Waals surface area contributed by atoms with Gasteiger partial charge in [0.1, 0.15) is 11.4 Å². The van der Waals surface area contributed by atoms with E-state index < -0.39 is 17.4 Å². The van der Waals surface area contributed by atoms with E-state index in [0.717, 1.165) is 6.07 Å². The number of H-pyrrole nitrogens is 1. The third kappa shape index (κ3) is 3.24. The third-order valence-electron chi connectivity index (χ3n) is 2.61. The van der Waals surface area contributed by atoms with E-state index in [0.29, 0.717) is 5.75 Å². The number of hydrogen-bond donors (Lipinski definition) is 3. The summed E-state index contributed by atoms with van der Waals surface area (Å²) in [4.78, 5) is 33.8. The van der Waals surface area contributed by atoms with E-state index in [1.54, 1.807) is 0 Å². The summed E-state index contributed by atoms with van der Waals surface area (Å²) in [5.41, 5.74) is -0.259. The van der Waals surface area contributed by atoms with E-state index in [1.165, 1.54) is 31.4 Å². The minimum atomic E-state index is -1.13. The van der Waals surface area contributed by atoms with Crippen LogP contribution in [0.25, 0.3) is 0 Å². The molecule has 0 fully saturated rings. The Balaban J connectivity index is 2.31. The molecule has 0 aliphatic heterocycles. The molecule has 0 saturated carbocycles. The van der Waals surface area contributed by atoms with Gasteiger partial charge in [0.15, 0.2) is 0 Å². The summed E-state index contributed by atoms with van der Waals surface area (Å²) in [6.07, 6.45) is 0. The minimum absolute atomic E-state index is 0.000489. The van der Waals surface area contributed by atoms with Crippen LogP contribution in [-0.2, 0) is 0 Å². The number of carbonyl (C=O) groups is 2. The Labute approximate surface area is 118 Å². The van der Waals surface area contributed by atoms with Gasteiger partial charge >= 0.3 is 5.97 Å². The number of methoxy groups -OCH3 is 1. The molecule has 0 radical (unpaired) electrons. The van der Waals surface area contributed by atoms with Crippen molar-refractivity contribution in [1.82, 2.24) is 10.2 Å². The van der Waals surface area contributed by atoms with Gasteiger partial charge < -0.3 is 15.2 Å². The standard InChI is InChI=1S/C13H11N3O5/c1-21-10-4-2-7(13(19)20)6-9(10)14-12(18)8-3-5-11(17)16-15-8/h2-6H,1H3,(H,14,18)(H,16,17)(H,19,20). The first-order valence-electron chi connectivity index (χ1n) is 5.79. The highest BCUT2D eigenvalue weighted by Crippen LogP contribution is 2.25. The topological polar surface area (TPSA) is 121 Å². The number of carbonyl (C=O) groups excluding carboxylic acids is 1. The number of nitrogens with one attached hydrogen (secondary N) is 2. The van der Waals surface area contributed by atoms with E-state index in [4.69, 9.17) is 9.84 Å². The Kier molecular flexibility index (Phi) is 3.98. The fraction of sp³-hybridized carbons (Fsp3) is 0.0769. The Morgan fingerprint density at radius 1 is 1.29 bits per heavy atom. The van der Waals surface area contributed by atoms with Gasteiger partial charge in [-0.3, -0.25) is 9.59 Å². The summed E-state index contributed by atoms with van der Waals surface area (Å²) in [5.74, 6) is -1.43. The number of aromatic amines is 1. The molecule has 0 saturated heterocycles. The van der Waals surface area contributed by atoms with Crippen LogP contribution in [0.2, 0.25) is 0 Å². The van der Waals surface area contributed by atoms with Crippen LogP contribution >= 0.6 is 0 Å². The first-order chi connectivity index (χ1) is 10.0. The van der Waals surface area contributed by atoms with Gasteiger partial charge in [-0.1, -0.05) is 0 Å². The van der Waals surface area contributed by atoms with Crippen LogP contribution in [0.15, 0.2) is 35.1 Å². The SMILES string of the molecule is COc1ccc(C(=O)O)cc1NC(=O)c1ccc(=O)[nH]n1. The number of nitrogens with zero attached hydrogens (tertiary/aromatic N) is 1. The number of rotatable bonds is 4. The average Bonchev–Trinajstić information content (AvgIpc) is 2.47. The zero-order valence-corrected chi connectivity index (χ0v) is 10.9. The highest BCUT2D eigenvalue weighted by Gasteiger charge is 2.13. The zero-order valence-electron chi connectivity index (χ0n) is 10.9. The van der Waals surface area contributed by atoms with Crippen molar-refractivity contribution in [2.24, 2.45) is 0 Å². The molecule has 1 amide bonds. The lowest BCUT2D eigenvalue weighted by molar-refractivity contribution is 0.0696. The summed E-state index contributed by atoms with van der Waals surface area (Å²) in [6, 6.07) is 6.47. The first kappa shape index (κ1) is 14.3. The van der Waals surface area contributed by atoms with Gasteiger partial charge in [-0.15, -0.1) is 0 Å². The van der Waals surface area contributed by atoms with Gasteiger partial charge in [0.2, 0.25) is 0 Å². The van der Waals surface area contributed by atoms with Crippen molar-refractivity contribution in [3.63, 3.8) is 0 Å². The maximum absolute atomic E-state index is 12.0. The van der Waals surface area contributed by atoms with E-state index in [-0.39, 0.29) is 16.9 Å². The van der Waals surface area contributed by atoms with Gasteiger partial charge in [0, 0.05) is 6.07 Å². The quantitative estimate of drug-likeness (QED) is 0.762. The van der Waals surface area contributed by atoms with Crippen molar-refractivity contribution in [3.05, 3.63) is 51.9 Å². The van der Waals surface area contributed by atoms with Gasteiger partial charge in [0.25, 0.3) is 11.5 Å². The normalized spacial score (nSPS) is 9.95. The fourth-order valence-electron chi connectivity index (χ4n) is 1.60. The second-order valence-corrected chi connectivity index (χ2v) is 3.98. The molecule has 0 unspecified atom stereocenters. The second-order valence-electron chi connectivity index (χ2n) is 3.98. The molecule has 108 valence electrons. The Bertz CT molecular complexity index is 733. The van der Waals surface area contributed by atoms with Crippen LogP contribution in [0.5, 0.6) is 5.75 Å². The minimum Gasteiger partial charge on any atom is -0.495 e. The third-order valence-corrected chi connectivity index (χ3v) is 2.61. The maximum atomic E-state index is 12.0. The highest BCUT2D eigenvalue weighted by atomic mass is 16.5. The molecule has 1 aromatic carbocycles. The number of amides is 1. The van der Waals surface area contributed by atoms with Crippen molar-refractivity contribution in [2.45, 2.75) is 0 Å². The molecular formula is C13H11N3O5. The van der Waals surface area contributed by atoms with Crippen LogP contribution in [0, 0.1) is 0 Å². The molecular weight excluding hydrogens is 278 g/mol. The lowest BCUT2D eigenvalue weighted by Gasteiger charge is -2.10. The largest absolute Gasteiger partial charge is 0.495 e. The first-order valence-corrected chi connectivity index (χ1v) is 5.79. The Hall–Kier alpha value is -3.16. The van der Waals surface area contributed by atoms with Gasteiger partial charge in [-0.25, -0.2) is 9.89 Å². The Morgan fingerprint density at radius 2 is 2.05 bits per heavy atom. The lowest BCUT2D eigenvalue weighted by atomic mass is 10.2. The van der Waals surface area contributed by atoms with E-state index >= 15 is 0 Å². The fourth-order valence-corrected chi connectivity index (χ4v) is 1.60. The molecule has 0 atom stereocenters. The molecule has 1 heterocycles. The van der Waals surface area contributed by atoms with Gasteiger partial charge in [0.05, 0.1) is 18.4 Å². The molecule has 8 heteroatoms. The molecule has 0 bridgehead atoms. The number of carboxylic acids is 1. The van der Waals surface area contributed by atoms with Crippen molar-refractivity contribution in [1.29, 1.82) is 0 Å². The van der Waals surface area contributed by atoms with Crippen LogP contribution in [0.4, 0.5) is 5.69 Å². The molecule has 3 N–H and O–H groups in total. The summed E-state index contributed by atoms with van der Waals surface area (Å²) < 4.78 is 5.05. The number of benzene rings is 1. The smallest absolute Gasteiger partial charge is 0.335 e. The Morgan fingerprint density at radius 3 is 2.62 bits per heavy atom.